The van der Waals surface area contributed by atoms with Crippen LogP contribution < -0.4 is 0 Å². The Morgan fingerprint density at radius 3 is 2.70 bits per heavy atom. The summed E-state index contributed by atoms with van der Waals surface area (Å²) < 4.78 is 5.68. The lowest BCUT2D eigenvalue weighted by atomic mass is 9.52. The summed E-state index contributed by atoms with van der Waals surface area (Å²) in [6.07, 6.45) is 4.16. The summed E-state index contributed by atoms with van der Waals surface area (Å²) in [5.41, 5.74) is -0.903. The van der Waals surface area contributed by atoms with Crippen LogP contribution in [0.2, 0.25) is 0 Å². The number of Topliss-reactive ketones (excluding diaryl/α,β-unsaturated/α-hetero) is 1. The van der Waals surface area contributed by atoms with Gasteiger partial charge in [-0.3, -0.25) is 14.5 Å². The van der Waals surface area contributed by atoms with Gasteiger partial charge in [-0.25, -0.2) is 0 Å². The average Bonchev–Trinajstić information content (AvgIpc) is 3.03. The summed E-state index contributed by atoms with van der Waals surface area (Å²) in [5.74, 6) is 0.0775. The van der Waals surface area contributed by atoms with Crippen LogP contribution in [-0.4, -0.2) is 52.6 Å². The third-order valence-corrected chi connectivity index (χ3v) is 7.27. The smallest absolute Gasteiger partial charge is 0.302 e. The van der Waals surface area contributed by atoms with Gasteiger partial charge in [-0.2, -0.15) is 0 Å². The summed E-state index contributed by atoms with van der Waals surface area (Å²) in [7, 11) is 0. The Hall–Kier alpha value is -0.940. The lowest BCUT2D eigenvalue weighted by Gasteiger charge is -2.59. The van der Waals surface area contributed by atoms with Gasteiger partial charge in [0.05, 0.1) is 11.6 Å². The number of esters is 1. The molecular formula is C18H27NO4. The van der Waals surface area contributed by atoms with Crippen LogP contribution in [0.15, 0.2) is 0 Å². The van der Waals surface area contributed by atoms with Gasteiger partial charge in [0.2, 0.25) is 0 Å². The zero-order chi connectivity index (χ0) is 16.4. The molecule has 0 amide bonds. The van der Waals surface area contributed by atoms with Crippen molar-refractivity contribution in [3.63, 3.8) is 0 Å². The Kier molecular flexibility index (Phi) is 3.40. The van der Waals surface area contributed by atoms with Crippen molar-refractivity contribution in [1.82, 2.24) is 4.90 Å². The number of hydrogen-bond donors (Lipinski definition) is 1. The number of carbonyl (C=O) groups is 2. The van der Waals surface area contributed by atoms with E-state index in [1.165, 1.54) is 6.92 Å². The minimum absolute atomic E-state index is 0.0291. The minimum Gasteiger partial charge on any atom is -0.462 e. The molecule has 4 aliphatic rings. The highest BCUT2D eigenvalue weighted by Crippen LogP contribution is 2.66. The Bertz CT molecular complexity index is 549. The minimum atomic E-state index is -0.492. The SMILES string of the molecule is CC(=O)O[C@@H]1[C@H]2CC(=O)[C@]34CCCN3CCC[C@]24[C@@H](O)C[C@@H]1C. The van der Waals surface area contributed by atoms with Crippen LogP contribution in [0.4, 0.5) is 0 Å². The second kappa shape index (κ2) is 5.03. The van der Waals surface area contributed by atoms with Crippen molar-refractivity contribution in [1.29, 1.82) is 0 Å². The van der Waals surface area contributed by atoms with Gasteiger partial charge in [0.1, 0.15) is 6.10 Å². The Morgan fingerprint density at radius 1 is 1.30 bits per heavy atom. The van der Waals surface area contributed by atoms with Crippen molar-refractivity contribution in [2.75, 3.05) is 13.1 Å². The normalized spacial score (nSPS) is 49.4. The van der Waals surface area contributed by atoms with E-state index in [1.54, 1.807) is 0 Å². The van der Waals surface area contributed by atoms with Gasteiger partial charge < -0.3 is 9.84 Å². The second-order valence-electron chi connectivity index (χ2n) is 8.13. The number of hydrogen-bond acceptors (Lipinski definition) is 5. The molecule has 6 atom stereocenters. The van der Waals surface area contributed by atoms with Crippen molar-refractivity contribution in [3.8, 4) is 0 Å². The first-order valence-electron chi connectivity index (χ1n) is 9.07. The van der Waals surface area contributed by atoms with Crippen molar-refractivity contribution >= 4 is 11.8 Å². The summed E-state index contributed by atoms with van der Waals surface area (Å²) in [5, 5.41) is 11.1. The maximum absolute atomic E-state index is 13.2. The van der Waals surface area contributed by atoms with E-state index >= 15 is 0 Å². The van der Waals surface area contributed by atoms with Gasteiger partial charge in [0.15, 0.2) is 5.78 Å². The van der Waals surface area contributed by atoms with Gasteiger partial charge >= 0.3 is 5.97 Å². The molecule has 2 aliphatic heterocycles. The highest BCUT2D eigenvalue weighted by Gasteiger charge is 2.74. The third kappa shape index (κ3) is 1.75. The van der Waals surface area contributed by atoms with Crippen LogP contribution >= 0.6 is 0 Å². The standard InChI is InChI=1S/C18H27NO4/c1-11-9-14(21)17-5-3-7-19-8-4-6-18(17,19)15(22)10-13(17)16(11)23-12(2)20/h11,13-14,16,21H,3-10H2,1-2H3/t11-,13+,14-,16-,17+,18-/m0/s1. The van der Waals surface area contributed by atoms with E-state index in [0.717, 1.165) is 38.8 Å². The monoisotopic (exact) mass is 321 g/mol. The maximum atomic E-state index is 13.2. The quantitative estimate of drug-likeness (QED) is 0.742. The second-order valence-corrected chi connectivity index (χ2v) is 8.13. The number of rotatable bonds is 1. The van der Waals surface area contributed by atoms with Crippen LogP contribution in [-0.2, 0) is 14.3 Å². The molecule has 2 saturated heterocycles. The Balaban J connectivity index is 1.83. The van der Waals surface area contributed by atoms with Crippen molar-refractivity contribution < 1.29 is 19.4 Å². The van der Waals surface area contributed by atoms with Crippen LogP contribution in [0.5, 0.6) is 0 Å². The third-order valence-electron chi connectivity index (χ3n) is 7.27. The van der Waals surface area contributed by atoms with E-state index in [9.17, 15) is 14.7 Å². The maximum Gasteiger partial charge on any atom is 0.302 e. The summed E-state index contributed by atoms with van der Waals surface area (Å²) in [4.78, 5) is 27.1. The predicted molar refractivity (Wildman–Crippen MR) is 83.7 cm³/mol. The number of ether oxygens (including phenoxy) is 1. The molecule has 1 N–H and O–H groups in total. The largest absolute Gasteiger partial charge is 0.462 e. The fraction of sp³-hybridized carbons (Fsp3) is 0.889. The van der Waals surface area contributed by atoms with E-state index in [2.05, 4.69) is 4.90 Å². The molecule has 0 aromatic rings. The number of ketones is 1. The van der Waals surface area contributed by atoms with Gasteiger partial charge in [0, 0.05) is 24.7 Å². The molecule has 5 nitrogen and oxygen atoms in total. The molecular weight excluding hydrogens is 294 g/mol. The van der Waals surface area contributed by atoms with E-state index in [-0.39, 0.29) is 29.7 Å². The molecule has 128 valence electrons. The number of piperidine rings is 1. The average molecular weight is 321 g/mol. The van der Waals surface area contributed by atoms with Crippen molar-refractivity contribution in [3.05, 3.63) is 0 Å². The molecule has 0 aromatic carbocycles. The van der Waals surface area contributed by atoms with Gasteiger partial charge in [-0.15, -0.1) is 0 Å². The molecule has 2 aliphatic carbocycles. The first-order valence-corrected chi connectivity index (χ1v) is 9.07. The molecule has 5 heteroatoms. The van der Waals surface area contributed by atoms with Crippen molar-refractivity contribution in [2.24, 2.45) is 17.3 Å². The molecule has 0 radical (unpaired) electrons. The molecule has 0 aromatic heterocycles. The lowest BCUT2D eigenvalue weighted by molar-refractivity contribution is -0.199. The van der Waals surface area contributed by atoms with Crippen LogP contribution in [0.1, 0.15) is 52.4 Å². The fourth-order valence-corrected chi connectivity index (χ4v) is 6.67. The van der Waals surface area contributed by atoms with Gasteiger partial charge in [0.25, 0.3) is 0 Å². The Labute approximate surface area is 137 Å². The first kappa shape index (κ1) is 15.6. The van der Waals surface area contributed by atoms with E-state index in [0.29, 0.717) is 12.8 Å². The fourth-order valence-electron chi connectivity index (χ4n) is 6.67. The van der Waals surface area contributed by atoms with E-state index in [4.69, 9.17) is 4.74 Å². The van der Waals surface area contributed by atoms with Crippen LogP contribution in [0.25, 0.3) is 0 Å². The molecule has 0 unspecified atom stereocenters. The van der Waals surface area contributed by atoms with E-state index in [1.807, 2.05) is 6.92 Å². The Morgan fingerprint density at radius 2 is 2.00 bits per heavy atom. The molecule has 2 spiro atoms. The highest BCUT2D eigenvalue weighted by atomic mass is 16.5. The molecule has 0 bridgehead atoms. The van der Waals surface area contributed by atoms with Crippen LogP contribution in [0.3, 0.4) is 0 Å². The van der Waals surface area contributed by atoms with Gasteiger partial charge in [-0.1, -0.05) is 6.92 Å². The van der Waals surface area contributed by atoms with Gasteiger partial charge in [-0.05, 0) is 51.1 Å². The summed E-state index contributed by atoms with van der Waals surface area (Å²) >= 11 is 0. The van der Waals surface area contributed by atoms with Crippen molar-refractivity contribution in [2.45, 2.75) is 70.1 Å². The number of aliphatic hydroxyl groups excluding tert-OH is 1. The number of aliphatic hydroxyl groups is 1. The number of nitrogens with zero attached hydrogens (tertiary/aromatic N) is 1. The lowest BCUT2D eigenvalue weighted by Crippen LogP contribution is -2.69. The van der Waals surface area contributed by atoms with E-state index < -0.39 is 17.1 Å². The zero-order valence-corrected chi connectivity index (χ0v) is 14.1. The molecule has 4 rings (SSSR count). The molecule has 23 heavy (non-hydrogen) atoms. The topological polar surface area (TPSA) is 66.8 Å². The summed E-state index contributed by atoms with van der Waals surface area (Å²) in [6, 6.07) is 0. The molecule has 2 saturated carbocycles. The highest BCUT2D eigenvalue weighted by molar-refractivity contribution is 5.93. The number of carbonyl (C=O) groups excluding carboxylic acids is 2. The van der Waals surface area contributed by atoms with Crippen LogP contribution in [0, 0.1) is 17.3 Å². The molecule has 4 fully saturated rings. The summed E-state index contributed by atoms with van der Waals surface area (Å²) in [6.45, 7) is 5.40. The molecule has 2 heterocycles. The predicted octanol–water partition coefficient (Wildman–Crippen LogP) is 1.52. The zero-order valence-electron chi connectivity index (χ0n) is 14.1. The first-order chi connectivity index (χ1) is 10.9.